The average molecular weight is 418 g/mol. The lowest BCUT2D eigenvalue weighted by molar-refractivity contribution is 0.289. The summed E-state index contributed by atoms with van der Waals surface area (Å²) in [7, 11) is 0. The minimum absolute atomic E-state index is 0.294. The van der Waals surface area contributed by atoms with E-state index in [-0.39, 0.29) is 5.63 Å². The molecule has 3 aromatic carbocycles. The Kier molecular flexibility index (Phi) is 4.72. The van der Waals surface area contributed by atoms with Gasteiger partial charge in [0.15, 0.2) is 6.73 Å². The number of halogens is 1. The van der Waals surface area contributed by atoms with Gasteiger partial charge in [-0.3, -0.25) is 0 Å². The molecule has 0 radical (unpaired) electrons. The molecule has 4 aromatic rings. The van der Waals surface area contributed by atoms with E-state index in [1.54, 1.807) is 0 Å². The number of ether oxygens (including phenoxy) is 1. The monoisotopic (exact) mass is 417 g/mol. The number of benzene rings is 3. The van der Waals surface area contributed by atoms with Gasteiger partial charge in [0.2, 0.25) is 0 Å². The van der Waals surface area contributed by atoms with Crippen LogP contribution in [0.3, 0.4) is 0 Å². The Morgan fingerprint density at radius 2 is 1.87 bits per heavy atom. The maximum atomic E-state index is 12.9. The van der Waals surface area contributed by atoms with Crippen LogP contribution < -0.4 is 15.3 Å². The fourth-order valence-electron chi connectivity index (χ4n) is 4.00. The van der Waals surface area contributed by atoms with Gasteiger partial charge in [0.1, 0.15) is 11.3 Å². The van der Waals surface area contributed by atoms with E-state index in [1.165, 1.54) is 0 Å². The second kappa shape index (κ2) is 7.54. The van der Waals surface area contributed by atoms with Gasteiger partial charge in [0.05, 0.1) is 12.1 Å². The SMILES string of the molecule is Cc1c(Cc2ccccc2)c(=O)oc2c3c(ccc12)OCN(c1cccc(Cl)c1)C3. The summed E-state index contributed by atoms with van der Waals surface area (Å²) in [5.74, 6) is 0.749. The fraction of sp³-hybridized carbons (Fsp3) is 0.160. The van der Waals surface area contributed by atoms with Gasteiger partial charge in [0.25, 0.3) is 0 Å². The number of anilines is 1. The van der Waals surface area contributed by atoms with Crippen molar-refractivity contribution in [1.29, 1.82) is 0 Å². The number of nitrogens with zero attached hydrogens (tertiary/aromatic N) is 1. The van der Waals surface area contributed by atoms with E-state index < -0.39 is 0 Å². The number of aryl methyl sites for hydroxylation is 1. The predicted octanol–water partition coefficient (Wildman–Crippen LogP) is 5.70. The van der Waals surface area contributed by atoms with Crippen molar-refractivity contribution in [3.05, 3.63) is 104 Å². The van der Waals surface area contributed by atoms with Crippen LogP contribution in [0.2, 0.25) is 5.02 Å². The molecule has 0 amide bonds. The van der Waals surface area contributed by atoms with Crippen LogP contribution in [0.15, 0.2) is 75.9 Å². The number of hydrogen-bond acceptors (Lipinski definition) is 4. The minimum Gasteiger partial charge on any atom is -0.473 e. The van der Waals surface area contributed by atoms with Gasteiger partial charge in [-0.2, -0.15) is 0 Å². The van der Waals surface area contributed by atoms with Gasteiger partial charge in [-0.15, -0.1) is 0 Å². The lowest BCUT2D eigenvalue weighted by Gasteiger charge is -2.31. The predicted molar refractivity (Wildman–Crippen MR) is 120 cm³/mol. The highest BCUT2D eigenvalue weighted by Gasteiger charge is 2.23. The van der Waals surface area contributed by atoms with E-state index in [4.69, 9.17) is 20.8 Å². The molecule has 0 saturated carbocycles. The topological polar surface area (TPSA) is 42.7 Å². The molecular formula is C25H20ClNO3. The first-order valence-electron chi connectivity index (χ1n) is 9.85. The molecular weight excluding hydrogens is 398 g/mol. The zero-order valence-electron chi connectivity index (χ0n) is 16.5. The molecule has 0 fully saturated rings. The zero-order chi connectivity index (χ0) is 20.7. The molecule has 1 aliphatic heterocycles. The van der Waals surface area contributed by atoms with Gasteiger partial charge >= 0.3 is 5.63 Å². The summed E-state index contributed by atoms with van der Waals surface area (Å²) in [6, 6.07) is 21.6. The normalized spacial score (nSPS) is 13.2. The van der Waals surface area contributed by atoms with Crippen LogP contribution in [0.4, 0.5) is 5.69 Å². The highest BCUT2D eigenvalue weighted by Crippen LogP contribution is 2.35. The standard InChI is InChI=1S/C25H20ClNO3/c1-16-20-10-11-23-22(14-27(15-29-23)19-9-5-8-18(26)13-19)24(20)30-25(28)21(16)12-17-6-3-2-4-7-17/h2-11,13H,12,14-15H2,1H3. The molecule has 4 nitrogen and oxygen atoms in total. The highest BCUT2D eigenvalue weighted by atomic mass is 35.5. The third-order valence-corrected chi connectivity index (χ3v) is 5.87. The van der Waals surface area contributed by atoms with Crippen molar-refractivity contribution in [2.75, 3.05) is 11.6 Å². The molecule has 0 spiro atoms. The van der Waals surface area contributed by atoms with Crippen molar-refractivity contribution >= 4 is 28.3 Å². The van der Waals surface area contributed by atoms with E-state index in [2.05, 4.69) is 4.90 Å². The first-order valence-corrected chi connectivity index (χ1v) is 10.2. The van der Waals surface area contributed by atoms with Crippen molar-refractivity contribution in [2.24, 2.45) is 0 Å². The van der Waals surface area contributed by atoms with Gasteiger partial charge in [-0.25, -0.2) is 4.79 Å². The fourth-order valence-corrected chi connectivity index (χ4v) is 4.19. The second-order valence-corrected chi connectivity index (χ2v) is 7.96. The second-order valence-electron chi connectivity index (χ2n) is 7.53. The van der Waals surface area contributed by atoms with Gasteiger partial charge < -0.3 is 14.1 Å². The smallest absolute Gasteiger partial charge is 0.340 e. The molecule has 30 heavy (non-hydrogen) atoms. The van der Waals surface area contributed by atoms with Crippen LogP contribution in [0, 0.1) is 6.92 Å². The van der Waals surface area contributed by atoms with Crippen molar-refractivity contribution in [2.45, 2.75) is 19.9 Å². The minimum atomic E-state index is -0.294. The first kappa shape index (κ1) is 18.8. The molecule has 0 bridgehead atoms. The Morgan fingerprint density at radius 3 is 2.67 bits per heavy atom. The summed E-state index contributed by atoms with van der Waals surface area (Å²) in [4.78, 5) is 15.0. The Bertz CT molecular complexity index is 1300. The van der Waals surface area contributed by atoms with Crippen LogP contribution in [0.5, 0.6) is 5.75 Å². The van der Waals surface area contributed by atoms with E-state index in [9.17, 15) is 4.79 Å². The third kappa shape index (κ3) is 3.33. The molecule has 1 aliphatic rings. The van der Waals surface area contributed by atoms with Crippen LogP contribution in [0.25, 0.3) is 11.0 Å². The summed E-state index contributed by atoms with van der Waals surface area (Å²) in [6.07, 6.45) is 0.549. The Morgan fingerprint density at radius 1 is 1.03 bits per heavy atom. The molecule has 0 atom stereocenters. The van der Waals surface area contributed by atoms with E-state index >= 15 is 0 Å². The first-order chi connectivity index (χ1) is 14.6. The summed E-state index contributed by atoms with van der Waals surface area (Å²) in [5.41, 5.74) is 4.87. The lowest BCUT2D eigenvalue weighted by Crippen LogP contribution is -2.32. The lowest BCUT2D eigenvalue weighted by atomic mass is 9.97. The van der Waals surface area contributed by atoms with Crippen LogP contribution in [-0.4, -0.2) is 6.73 Å². The maximum Gasteiger partial charge on any atom is 0.340 e. The van der Waals surface area contributed by atoms with Crippen LogP contribution in [-0.2, 0) is 13.0 Å². The highest BCUT2D eigenvalue weighted by molar-refractivity contribution is 6.30. The molecule has 0 aliphatic carbocycles. The quantitative estimate of drug-likeness (QED) is 0.401. The number of fused-ring (bicyclic) bond motifs is 3. The van der Waals surface area contributed by atoms with Crippen molar-refractivity contribution in [1.82, 2.24) is 0 Å². The molecule has 5 rings (SSSR count). The Balaban J connectivity index is 1.58. The summed E-state index contributed by atoms with van der Waals surface area (Å²) in [5, 5.41) is 1.61. The molecule has 150 valence electrons. The summed E-state index contributed by atoms with van der Waals surface area (Å²) < 4.78 is 11.8. The molecule has 0 saturated heterocycles. The number of rotatable bonds is 3. The average Bonchev–Trinajstić information content (AvgIpc) is 2.77. The molecule has 1 aromatic heterocycles. The van der Waals surface area contributed by atoms with Gasteiger partial charge in [-0.05, 0) is 48.4 Å². The summed E-state index contributed by atoms with van der Waals surface area (Å²) in [6.45, 7) is 2.98. The maximum absolute atomic E-state index is 12.9. The number of hydrogen-bond donors (Lipinski definition) is 0. The van der Waals surface area contributed by atoms with Gasteiger partial charge in [-0.1, -0.05) is 48.0 Å². The molecule has 0 unspecified atom stereocenters. The van der Waals surface area contributed by atoms with E-state index in [0.29, 0.717) is 35.9 Å². The Hall–Kier alpha value is -3.24. The van der Waals surface area contributed by atoms with Crippen molar-refractivity contribution in [3.8, 4) is 5.75 Å². The van der Waals surface area contributed by atoms with Crippen LogP contribution >= 0.6 is 11.6 Å². The zero-order valence-corrected chi connectivity index (χ0v) is 17.3. The molecule has 0 N–H and O–H groups in total. The van der Waals surface area contributed by atoms with Crippen molar-refractivity contribution in [3.63, 3.8) is 0 Å². The van der Waals surface area contributed by atoms with Crippen LogP contribution in [0.1, 0.15) is 22.3 Å². The van der Waals surface area contributed by atoms with Crippen molar-refractivity contribution < 1.29 is 9.15 Å². The third-order valence-electron chi connectivity index (χ3n) is 5.64. The summed E-state index contributed by atoms with van der Waals surface area (Å²) >= 11 is 6.16. The Labute approximate surface area is 179 Å². The molecule has 2 heterocycles. The van der Waals surface area contributed by atoms with E-state index in [0.717, 1.165) is 33.5 Å². The molecule has 5 heteroatoms. The largest absolute Gasteiger partial charge is 0.473 e. The van der Waals surface area contributed by atoms with E-state index in [1.807, 2.05) is 73.7 Å². The van der Waals surface area contributed by atoms with Gasteiger partial charge in [0, 0.05) is 28.1 Å².